The minimum atomic E-state index is -1.11. The summed E-state index contributed by atoms with van der Waals surface area (Å²) in [6, 6.07) is -0.203. The molecule has 2 aromatic rings. The van der Waals surface area contributed by atoms with E-state index in [0.29, 0.717) is 34.9 Å². The van der Waals surface area contributed by atoms with Gasteiger partial charge in [0.15, 0.2) is 5.78 Å². The molecule has 9 heteroatoms. The summed E-state index contributed by atoms with van der Waals surface area (Å²) in [5.74, 6) is -1.67. The topological polar surface area (TPSA) is 137 Å². The molecule has 1 saturated heterocycles. The molecule has 1 aliphatic carbocycles. The third-order valence-electron chi connectivity index (χ3n) is 11.3. The van der Waals surface area contributed by atoms with Crippen LogP contribution in [0.3, 0.4) is 0 Å². The molecule has 1 fully saturated rings. The number of carbonyl (C=O) groups is 3. The van der Waals surface area contributed by atoms with Crippen LogP contribution in [0.4, 0.5) is 0 Å². The third kappa shape index (κ3) is 9.22. The first-order valence-corrected chi connectivity index (χ1v) is 19.4. The minimum absolute atomic E-state index is 0.0202. The van der Waals surface area contributed by atoms with Crippen LogP contribution in [0.5, 0.6) is 0 Å². The van der Waals surface area contributed by atoms with E-state index in [2.05, 4.69) is 69.5 Å². The molecule has 3 heterocycles. The summed E-state index contributed by atoms with van der Waals surface area (Å²) in [7, 11) is 1.31. The quantitative estimate of drug-likeness (QED) is 0.0608. The van der Waals surface area contributed by atoms with Crippen molar-refractivity contribution in [2.45, 2.75) is 113 Å². The molecular weight excluding hydrogens is 665 g/mol. The lowest BCUT2D eigenvalue weighted by atomic mass is 9.83. The number of aromatic amines is 2. The van der Waals surface area contributed by atoms with Crippen molar-refractivity contribution < 1.29 is 23.9 Å². The molecule has 4 rings (SSSR count). The number of hydrogen-bond donors (Lipinski definition) is 4. The van der Waals surface area contributed by atoms with Crippen molar-refractivity contribution in [2.24, 2.45) is 29.6 Å². The van der Waals surface area contributed by atoms with E-state index in [1.807, 2.05) is 39.0 Å². The largest absolute Gasteiger partial charge is 0.468 e. The van der Waals surface area contributed by atoms with Crippen LogP contribution in [0, 0.1) is 55.8 Å². The number of H-pyrrole nitrogens is 2. The second-order valence-corrected chi connectivity index (χ2v) is 15.6. The maximum Gasteiger partial charge on any atom is 0.321 e. The van der Waals surface area contributed by atoms with E-state index in [9.17, 15) is 14.4 Å². The summed E-state index contributed by atoms with van der Waals surface area (Å²) >= 11 is 0. The van der Waals surface area contributed by atoms with E-state index in [-0.39, 0.29) is 48.6 Å². The molecule has 2 aliphatic rings. The van der Waals surface area contributed by atoms with Gasteiger partial charge in [-0.05, 0) is 100 Å². The van der Waals surface area contributed by atoms with Crippen molar-refractivity contribution in [3.05, 3.63) is 68.3 Å². The molecule has 2 aromatic heterocycles. The number of fused-ring (bicyclic) bond motifs is 1. The Morgan fingerprint density at radius 2 is 1.75 bits per heavy atom. The lowest BCUT2D eigenvalue weighted by molar-refractivity contribution is -0.143. The number of aryl methyl sites for hydroxylation is 1. The number of nitrogens with one attached hydrogen (secondary N) is 4. The fourth-order valence-corrected chi connectivity index (χ4v) is 7.87. The Morgan fingerprint density at radius 3 is 2.40 bits per heavy atom. The van der Waals surface area contributed by atoms with Crippen LogP contribution in [-0.2, 0) is 19.1 Å². The van der Waals surface area contributed by atoms with E-state index in [1.165, 1.54) is 19.1 Å². The first-order valence-electron chi connectivity index (χ1n) is 19.4. The summed E-state index contributed by atoms with van der Waals surface area (Å²) in [4.78, 5) is 47.3. The van der Waals surface area contributed by atoms with Gasteiger partial charge in [-0.3, -0.25) is 14.4 Å². The van der Waals surface area contributed by atoms with Crippen molar-refractivity contribution in [1.82, 2.24) is 15.3 Å². The fraction of sp³-hybridized carbons (Fsp3) is 0.545. The van der Waals surface area contributed by atoms with Crippen molar-refractivity contribution in [3.8, 4) is 0 Å². The summed E-state index contributed by atoms with van der Waals surface area (Å²) in [5.41, 5.74) is 7.97. The summed E-state index contributed by atoms with van der Waals surface area (Å²) < 4.78 is 10.9. The summed E-state index contributed by atoms with van der Waals surface area (Å²) in [5, 5.41) is 14.2. The Balaban J connectivity index is 1.73. The first kappa shape index (κ1) is 41.4. The SMILES string of the molecule is C=Cc1c(C)/c(=C/C2N/C(=C3\c4[nH]c(C)c(C)c4C(=O)[C@@H]3C(=O)OC)[C@@H](CCC(=O)OC/C=C(\C)CCCC(C)C)[C@@H]2C)[nH]/c1=C\C(=N)C(C)CCC. The third-order valence-corrected chi connectivity index (χ3v) is 11.3. The summed E-state index contributed by atoms with van der Waals surface area (Å²) in [6.45, 7) is 23.0. The van der Waals surface area contributed by atoms with Gasteiger partial charge in [0.25, 0.3) is 0 Å². The Hall–Kier alpha value is -4.40. The standard InChI is InChI=1S/C44H62N4O5/c1-12-15-26(6)33(45)22-36-31(13-2)28(8)34(47-36)23-35-29(9)32(18-19-37(49)53-21-20-25(5)17-14-16-24(3)4)41(48-35)39-40(44(51)52-11)43(50)38-27(7)30(10)46-42(38)39/h13,20,22-24,26,29,32,35,40,45-48H,2,12,14-19,21H2,1,3-11H3/b25-20+,34-23-,36-22-,41-39-,45-33?/t26?,29-,32-,35?,40+/m0/s1. The molecule has 53 heavy (non-hydrogen) atoms. The molecule has 0 spiro atoms. The van der Waals surface area contributed by atoms with E-state index in [1.54, 1.807) is 0 Å². The predicted octanol–water partition coefficient (Wildman–Crippen LogP) is 7.64. The number of aromatic nitrogens is 2. The molecule has 0 bridgehead atoms. The van der Waals surface area contributed by atoms with Gasteiger partial charge in [0.2, 0.25) is 0 Å². The Labute approximate surface area is 316 Å². The van der Waals surface area contributed by atoms with Crippen LogP contribution >= 0.6 is 0 Å². The Kier molecular flexibility index (Phi) is 14.1. The highest BCUT2D eigenvalue weighted by Gasteiger charge is 2.49. The Bertz CT molecular complexity index is 1900. The van der Waals surface area contributed by atoms with E-state index < -0.39 is 11.9 Å². The number of allylic oxidation sites excluding steroid dienone is 2. The van der Waals surface area contributed by atoms with Crippen LogP contribution in [-0.4, -0.2) is 53.2 Å². The zero-order valence-electron chi connectivity index (χ0n) is 33.7. The van der Waals surface area contributed by atoms with Crippen molar-refractivity contribution in [1.29, 1.82) is 5.41 Å². The molecule has 4 N–H and O–H groups in total. The number of ketones is 1. The average Bonchev–Trinajstić information content (AvgIpc) is 3.77. The van der Waals surface area contributed by atoms with Crippen LogP contribution in [0.1, 0.15) is 125 Å². The molecule has 1 aliphatic heterocycles. The zero-order valence-corrected chi connectivity index (χ0v) is 33.7. The molecule has 288 valence electrons. The van der Waals surface area contributed by atoms with Crippen molar-refractivity contribution in [2.75, 3.05) is 13.7 Å². The van der Waals surface area contributed by atoms with E-state index >= 15 is 0 Å². The zero-order chi connectivity index (χ0) is 39.1. The molecule has 5 atom stereocenters. The van der Waals surface area contributed by atoms with Crippen molar-refractivity contribution in [3.63, 3.8) is 0 Å². The van der Waals surface area contributed by atoms with Gasteiger partial charge in [-0.15, -0.1) is 0 Å². The van der Waals surface area contributed by atoms with Gasteiger partial charge in [-0.1, -0.05) is 65.7 Å². The number of carbonyl (C=O) groups excluding carboxylic acids is 3. The highest BCUT2D eigenvalue weighted by molar-refractivity contribution is 6.24. The molecule has 0 aromatic carbocycles. The minimum Gasteiger partial charge on any atom is -0.468 e. The van der Waals surface area contributed by atoms with Crippen LogP contribution in [0.15, 0.2) is 23.9 Å². The smallest absolute Gasteiger partial charge is 0.321 e. The lowest BCUT2D eigenvalue weighted by Crippen LogP contribution is -2.28. The molecule has 9 nitrogen and oxygen atoms in total. The Morgan fingerprint density at radius 1 is 1.04 bits per heavy atom. The highest BCUT2D eigenvalue weighted by atomic mass is 16.5. The molecule has 0 saturated carbocycles. The number of ether oxygens (including phenoxy) is 2. The van der Waals surface area contributed by atoms with Crippen LogP contribution in [0.2, 0.25) is 0 Å². The lowest BCUT2D eigenvalue weighted by Gasteiger charge is -2.20. The monoisotopic (exact) mass is 726 g/mol. The van der Waals surface area contributed by atoms with Crippen molar-refractivity contribution >= 4 is 47.2 Å². The molecular formula is C44H62N4O5. The number of rotatable bonds is 16. The van der Waals surface area contributed by atoms with Gasteiger partial charge >= 0.3 is 11.9 Å². The normalized spacial score (nSPS) is 22.7. The fourth-order valence-electron chi connectivity index (χ4n) is 7.87. The second-order valence-electron chi connectivity index (χ2n) is 15.6. The van der Waals surface area contributed by atoms with Gasteiger partial charge < -0.3 is 30.2 Å². The highest BCUT2D eigenvalue weighted by Crippen LogP contribution is 2.47. The van der Waals surface area contributed by atoms with Gasteiger partial charge in [0.1, 0.15) is 12.5 Å². The number of hydrogen-bond acceptors (Lipinski definition) is 7. The maximum atomic E-state index is 13.9. The first-order chi connectivity index (χ1) is 25.1. The van der Waals surface area contributed by atoms with E-state index in [4.69, 9.17) is 14.9 Å². The van der Waals surface area contributed by atoms with Crippen LogP contribution < -0.4 is 16.0 Å². The molecule has 0 amide bonds. The van der Waals surface area contributed by atoms with Gasteiger partial charge in [0.05, 0.1) is 12.8 Å². The number of Topliss-reactive ketones (excluding diaryl/α,β-unsaturated/α-hetero) is 1. The predicted molar refractivity (Wildman–Crippen MR) is 215 cm³/mol. The van der Waals surface area contributed by atoms with Gasteiger partial charge in [0, 0.05) is 62.9 Å². The average molecular weight is 727 g/mol. The number of esters is 2. The molecule has 2 unspecified atom stereocenters. The second kappa shape index (κ2) is 18.1. The van der Waals surface area contributed by atoms with Crippen LogP contribution in [0.25, 0.3) is 23.8 Å². The van der Waals surface area contributed by atoms with E-state index in [0.717, 1.165) is 64.5 Å². The number of methoxy groups -OCH3 is 1. The maximum absolute atomic E-state index is 13.9. The molecule has 0 radical (unpaired) electrons. The van der Waals surface area contributed by atoms with Gasteiger partial charge in [-0.2, -0.15) is 0 Å². The van der Waals surface area contributed by atoms with Gasteiger partial charge in [-0.25, -0.2) is 0 Å². The summed E-state index contributed by atoms with van der Waals surface area (Å²) in [6.07, 6.45) is 13.7.